The van der Waals surface area contributed by atoms with Gasteiger partial charge in [-0.15, -0.1) is 0 Å². The maximum atomic E-state index is 13.6. The summed E-state index contributed by atoms with van der Waals surface area (Å²) in [5, 5.41) is 2.49. The third-order valence-electron chi connectivity index (χ3n) is 3.07. The van der Waals surface area contributed by atoms with E-state index >= 15 is 0 Å². The van der Waals surface area contributed by atoms with E-state index in [9.17, 15) is 9.18 Å². The molecule has 0 bridgehead atoms. The van der Waals surface area contributed by atoms with Crippen LogP contribution in [0.5, 0.6) is 5.75 Å². The summed E-state index contributed by atoms with van der Waals surface area (Å²) >= 11 is 0. The Morgan fingerprint density at radius 3 is 2.67 bits per heavy atom. The number of rotatable bonds is 5. The van der Waals surface area contributed by atoms with Crippen molar-refractivity contribution in [2.45, 2.75) is 12.5 Å². The Morgan fingerprint density at radius 2 is 2.00 bits per heavy atom. The summed E-state index contributed by atoms with van der Waals surface area (Å²) in [4.78, 5) is 12.0. The van der Waals surface area contributed by atoms with Crippen LogP contribution in [0.25, 0.3) is 0 Å². The quantitative estimate of drug-likeness (QED) is 0.887. The number of nitrogens with one attached hydrogen (secondary N) is 1. The average molecular weight is 288 g/mol. The molecule has 0 aromatic heterocycles. The fraction of sp³-hybridized carbons (Fsp3) is 0.188. The summed E-state index contributed by atoms with van der Waals surface area (Å²) in [6, 6.07) is 12.8. The molecule has 21 heavy (non-hydrogen) atoms. The van der Waals surface area contributed by atoms with Gasteiger partial charge in [-0.2, -0.15) is 0 Å². The van der Waals surface area contributed by atoms with Crippen LogP contribution in [0.2, 0.25) is 0 Å². The number of amides is 1. The molecule has 0 unspecified atom stereocenters. The number of hydrogen-bond acceptors (Lipinski definition) is 3. The topological polar surface area (TPSA) is 64.3 Å². The van der Waals surface area contributed by atoms with Crippen LogP contribution in [0.3, 0.4) is 0 Å². The predicted molar refractivity (Wildman–Crippen MR) is 79.7 cm³/mol. The first-order valence-corrected chi connectivity index (χ1v) is 6.54. The molecule has 3 N–H and O–H groups in total. The van der Waals surface area contributed by atoms with Crippen molar-refractivity contribution >= 4 is 11.6 Å². The molecule has 4 nitrogen and oxygen atoms in total. The van der Waals surface area contributed by atoms with Gasteiger partial charge in [0.1, 0.15) is 11.6 Å². The molecule has 1 amide bonds. The largest absolute Gasteiger partial charge is 0.497 e. The van der Waals surface area contributed by atoms with E-state index in [4.69, 9.17) is 10.5 Å². The van der Waals surface area contributed by atoms with Crippen LogP contribution in [-0.4, -0.2) is 19.1 Å². The van der Waals surface area contributed by atoms with E-state index in [-0.39, 0.29) is 5.69 Å². The summed E-state index contributed by atoms with van der Waals surface area (Å²) < 4.78 is 18.6. The van der Waals surface area contributed by atoms with Crippen LogP contribution in [0.4, 0.5) is 10.1 Å². The Labute approximate surface area is 122 Å². The van der Waals surface area contributed by atoms with Gasteiger partial charge in [0.2, 0.25) is 5.91 Å². The van der Waals surface area contributed by atoms with E-state index < -0.39 is 17.8 Å². The van der Waals surface area contributed by atoms with E-state index in [0.717, 1.165) is 5.56 Å². The molecule has 2 aromatic carbocycles. The molecular weight excluding hydrogens is 271 g/mol. The van der Waals surface area contributed by atoms with Crippen LogP contribution in [0.1, 0.15) is 5.56 Å². The third kappa shape index (κ3) is 4.03. The third-order valence-corrected chi connectivity index (χ3v) is 3.07. The van der Waals surface area contributed by atoms with Crippen molar-refractivity contribution in [3.63, 3.8) is 0 Å². The summed E-state index contributed by atoms with van der Waals surface area (Å²) in [5.74, 6) is -0.509. The molecule has 0 saturated heterocycles. The second-order valence-corrected chi connectivity index (χ2v) is 4.63. The molecule has 5 heteroatoms. The standard InChI is InChI=1S/C16H17FN2O2/c1-21-12-7-8-13(17)15(10-12)19-16(20)14(18)9-11-5-3-2-4-6-11/h2-8,10,14H,9,18H2,1H3,(H,19,20)/t14-/m0/s1. The summed E-state index contributed by atoms with van der Waals surface area (Å²) in [7, 11) is 1.47. The lowest BCUT2D eigenvalue weighted by Crippen LogP contribution is -2.37. The lowest BCUT2D eigenvalue weighted by atomic mass is 10.1. The summed E-state index contributed by atoms with van der Waals surface area (Å²) in [5.41, 5.74) is 6.86. The van der Waals surface area contributed by atoms with Gasteiger partial charge in [0.25, 0.3) is 0 Å². The lowest BCUT2D eigenvalue weighted by Gasteiger charge is -2.13. The molecule has 110 valence electrons. The molecule has 0 aliphatic heterocycles. The highest BCUT2D eigenvalue weighted by molar-refractivity contribution is 5.95. The number of halogens is 1. The van der Waals surface area contributed by atoms with Gasteiger partial charge < -0.3 is 15.8 Å². The molecule has 0 spiro atoms. The Hall–Kier alpha value is -2.40. The number of anilines is 1. The maximum Gasteiger partial charge on any atom is 0.241 e. The molecule has 2 aromatic rings. The molecule has 1 atom stereocenters. The van der Waals surface area contributed by atoms with Crippen molar-refractivity contribution in [3.05, 3.63) is 59.9 Å². The highest BCUT2D eigenvalue weighted by Gasteiger charge is 2.16. The van der Waals surface area contributed by atoms with Gasteiger partial charge in [0.05, 0.1) is 18.8 Å². The normalized spacial score (nSPS) is 11.8. The van der Waals surface area contributed by atoms with E-state index in [0.29, 0.717) is 12.2 Å². The lowest BCUT2D eigenvalue weighted by molar-refractivity contribution is -0.117. The number of methoxy groups -OCH3 is 1. The van der Waals surface area contributed by atoms with Gasteiger partial charge >= 0.3 is 0 Å². The van der Waals surface area contributed by atoms with Crippen LogP contribution in [-0.2, 0) is 11.2 Å². The van der Waals surface area contributed by atoms with Crippen molar-refractivity contribution in [1.82, 2.24) is 0 Å². The molecule has 0 fully saturated rings. The van der Waals surface area contributed by atoms with Gasteiger partial charge in [-0.05, 0) is 24.1 Å². The van der Waals surface area contributed by atoms with Crippen molar-refractivity contribution in [1.29, 1.82) is 0 Å². The van der Waals surface area contributed by atoms with Gasteiger partial charge in [0.15, 0.2) is 0 Å². The van der Waals surface area contributed by atoms with Gasteiger partial charge in [0, 0.05) is 6.07 Å². The van der Waals surface area contributed by atoms with E-state index in [2.05, 4.69) is 5.32 Å². The fourth-order valence-corrected chi connectivity index (χ4v) is 1.91. The highest BCUT2D eigenvalue weighted by Crippen LogP contribution is 2.21. The van der Waals surface area contributed by atoms with Crippen molar-refractivity contribution in [3.8, 4) is 5.75 Å². The van der Waals surface area contributed by atoms with Crippen molar-refractivity contribution in [2.75, 3.05) is 12.4 Å². The Kier molecular flexibility index (Phi) is 4.90. The fourth-order valence-electron chi connectivity index (χ4n) is 1.91. The van der Waals surface area contributed by atoms with E-state index in [1.807, 2.05) is 30.3 Å². The first-order chi connectivity index (χ1) is 10.1. The SMILES string of the molecule is COc1ccc(F)c(NC(=O)[C@@H](N)Cc2ccccc2)c1. The Bertz CT molecular complexity index is 617. The Morgan fingerprint density at radius 1 is 1.29 bits per heavy atom. The molecule has 2 rings (SSSR count). The van der Waals surface area contributed by atoms with Crippen LogP contribution < -0.4 is 15.8 Å². The number of benzene rings is 2. The second kappa shape index (κ2) is 6.85. The van der Waals surface area contributed by atoms with Crippen molar-refractivity contribution < 1.29 is 13.9 Å². The molecule has 0 radical (unpaired) electrons. The van der Waals surface area contributed by atoms with Crippen LogP contribution in [0.15, 0.2) is 48.5 Å². The zero-order valence-electron chi connectivity index (χ0n) is 11.7. The van der Waals surface area contributed by atoms with E-state index in [1.165, 1.54) is 25.3 Å². The molecular formula is C16H17FN2O2. The average Bonchev–Trinajstić information content (AvgIpc) is 2.50. The van der Waals surface area contributed by atoms with Crippen molar-refractivity contribution in [2.24, 2.45) is 5.73 Å². The highest BCUT2D eigenvalue weighted by atomic mass is 19.1. The zero-order chi connectivity index (χ0) is 15.2. The first-order valence-electron chi connectivity index (χ1n) is 6.54. The minimum atomic E-state index is -0.752. The number of carbonyl (C=O) groups is 1. The predicted octanol–water partition coefficient (Wildman–Crippen LogP) is 2.34. The second-order valence-electron chi connectivity index (χ2n) is 4.63. The maximum absolute atomic E-state index is 13.6. The van der Waals surface area contributed by atoms with E-state index in [1.54, 1.807) is 0 Å². The molecule has 0 saturated carbocycles. The summed E-state index contributed by atoms with van der Waals surface area (Å²) in [6.07, 6.45) is 0.387. The zero-order valence-corrected chi connectivity index (χ0v) is 11.7. The monoisotopic (exact) mass is 288 g/mol. The number of ether oxygens (including phenoxy) is 1. The van der Waals surface area contributed by atoms with Gasteiger partial charge in [-0.25, -0.2) is 4.39 Å². The number of nitrogens with two attached hydrogens (primary N) is 1. The first kappa shape index (κ1) is 15.0. The van der Waals surface area contributed by atoms with Crippen LogP contribution >= 0.6 is 0 Å². The number of hydrogen-bond donors (Lipinski definition) is 2. The molecule has 0 aliphatic carbocycles. The number of carbonyl (C=O) groups excluding carboxylic acids is 1. The summed E-state index contributed by atoms with van der Waals surface area (Å²) in [6.45, 7) is 0. The van der Waals surface area contributed by atoms with Gasteiger partial charge in [-0.3, -0.25) is 4.79 Å². The smallest absolute Gasteiger partial charge is 0.241 e. The minimum absolute atomic E-state index is 0.0582. The minimum Gasteiger partial charge on any atom is -0.497 e. The molecule has 0 aliphatic rings. The van der Waals surface area contributed by atoms with Crippen LogP contribution in [0, 0.1) is 5.82 Å². The van der Waals surface area contributed by atoms with Gasteiger partial charge in [-0.1, -0.05) is 30.3 Å². The Balaban J connectivity index is 2.04. The molecule has 0 heterocycles.